The van der Waals surface area contributed by atoms with Gasteiger partial charge in [-0.25, -0.2) is 17.2 Å². The Morgan fingerprint density at radius 1 is 1.23 bits per heavy atom. The number of hydrogen-bond donors (Lipinski definition) is 2. The van der Waals surface area contributed by atoms with Crippen LogP contribution in [0.2, 0.25) is 0 Å². The molecule has 1 atom stereocenters. The van der Waals surface area contributed by atoms with Crippen LogP contribution < -0.4 is 5.32 Å². The Kier molecular flexibility index (Phi) is 4.85. The molecule has 1 fully saturated rings. The highest BCUT2D eigenvalue weighted by molar-refractivity contribution is 7.99. The van der Waals surface area contributed by atoms with Crippen molar-refractivity contribution in [1.82, 2.24) is 9.29 Å². The average molecular weight is 394 g/mol. The Balaban J connectivity index is 1.84. The zero-order valence-electron chi connectivity index (χ0n) is 14.0. The number of aromatic nitrogens is 1. The number of rotatable bonds is 5. The summed E-state index contributed by atoms with van der Waals surface area (Å²) in [4.78, 5) is 24.1. The van der Waals surface area contributed by atoms with Gasteiger partial charge in [0, 0.05) is 18.1 Å². The van der Waals surface area contributed by atoms with E-state index in [1.54, 1.807) is 12.1 Å². The van der Waals surface area contributed by atoms with Crippen molar-refractivity contribution in [2.45, 2.75) is 23.8 Å². The molecule has 1 saturated heterocycles. The molecule has 26 heavy (non-hydrogen) atoms. The fraction of sp³-hybridized carbons (Fsp3) is 0.294. The van der Waals surface area contributed by atoms with Gasteiger partial charge in [-0.1, -0.05) is 17.7 Å². The maximum Gasteiger partial charge on any atom is 0.330 e. The molecule has 1 aromatic carbocycles. The zero-order chi connectivity index (χ0) is 18.9. The van der Waals surface area contributed by atoms with E-state index in [2.05, 4.69) is 5.32 Å². The van der Waals surface area contributed by atoms with Gasteiger partial charge in [0.1, 0.15) is 5.54 Å². The highest BCUT2D eigenvalue weighted by Gasteiger charge is 2.43. The van der Waals surface area contributed by atoms with Crippen LogP contribution in [0.1, 0.15) is 22.3 Å². The predicted octanol–water partition coefficient (Wildman–Crippen LogP) is 1.72. The van der Waals surface area contributed by atoms with Crippen molar-refractivity contribution in [3.05, 3.63) is 53.9 Å². The second kappa shape index (κ2) is 6.81. The molecular formula is C17H18N2O5S2. The molecule has 0 bridgehead atoms. The number of nitrogens with one attached hydrogen (secondary N) is 1. The van der Waals surface area contributed by atoms with Gasteiger partial charge in [0.25, 0.3) is 15.9 Å². The maximum absolute atomic E-state index is 12.6. The van der Waals surface area contributed by atoms with Crippen molar-refractivity contribution in [3.63, 3.8) is 0 Å². The van der Waals surface area contributed by atoms with E-state index in [-0.39, 0.29) is 16.2 Å². The first-order chi connectivity index (χ1) is 12.2. The lowest BCUT2D eigenvalue weighted by Gasteiger charge is -2.24. The first kappa shape index (κ1) is 18.5. The Labute approximate surface area is 155 Å². The van der Waals surface area contributed by atoms with Gasteiger partial charge in [0.05, 0.1) is 10.5 Å². The minimum atomic E-state index is -3.81. The van der Waals surface area contributed by atoms with Crippen molar-refractivity contribution in [2.24, 2.45) is 0 Å². The second-order valence-electron chi connectivity index (χ2n) is 6.19. The lowest BCUT2D eigenvalue weighted by atomic mass is 9.99. The van der Waals surface area contributed by atoms with E-state index in [9.17, 15) is 23.1 Å². The molecule has 0 aliphatic carbocycles. The molecule has 0 radical (unpaired) electrons. The van der Waals surface area contributed by atoms with Crippen LogP contribution in [-0.4, -0.2) is 46.4 Å². The van der Waals surface area contributed by atoms with Gasteiger partial charge >= 0.3 is 5.97 Å². The van der Waals surface area contributed by atoms with E-state index in [1.165, 1.54) is 42.4 Å². The van der Waals surface area contributed by atoms with Crippen LogP contribution in [0, 0.1) is 6.92 Å². The third kappa shape index (κ3) is 3.36. The molecule has 0 spiro atoms. The molecule has 1 aromatic heterocycles. The molecule has 1 unspecified atom stereocenters. The summed E-state index contributed by atoms with van der Waals surface area (Å²) in [6.07, 6.45) is 2.81. The third-order valence-corrected chi connectivity index (χ3v) is 7.15. The molecule has 1 aliphatic rings. The molecular weight excluding hydrogens is 376 g/mol. The van der Waals surface area contributed by atoms with Gasteiger partial charge in [0.15, 0.2) is 0 Å². The van der Waals surface area contributed by atoms with Gasteiger partial charge in [-0.15, -0.1) is 0 Å². The first-order valence-corrected chi connectivity index (χ1v) is 10.5. The van der Waals surface area contributed by atoms with Gasteiger partial charge in [-0.05, 0) is 37.3 Å². The van der Waals surface area contributed by atoms with Gasteiger partial charge in [-0.3, -0.25) is 4.79 Å². The maximum atomic E-state index is 12.6. The average Bonchev–Trinajstić information content (AvgIpc) is 3.25. The number of carbonyl (C=O) groups is 2. The number of benzene rings is 1. The van der Waals surface area contributed by atoms with E-state index in [4.69, 9.17) is 0 Å². The summed E-state index contributed by atoms with van der Waals surface area (Å²) in [6.45, 7) is 1.86. The van der Waals surface area contributed by atoms with Crippen molar-refractivity contribution in [2.75, 3.05) is 11.5 Å². The van der Waals surface area contributed by atoms with Gasteiger partial charge < -0.3 is 10.4 Å². The van der Waals surface area contributed by atoms with Crippen LogP contribution in [0.5, 0.6) is 0 Å². The van der Waals surface area contributed by atoms with E-state index < -0.39 is 27.4 Å². The van der Waals surface area contributed by atoms with Crippen LogP contribution in [0.25, 0.3) is 0 Å². The fourth-order valence-corrected chi connectivity index (χ4v) is 5.19. The summed E-state index contributed by atoms with van der Waals surface area (Å²) in [6, 6.07) is 7.74. The molecule has 9 heteroatoms. The molecule has 1 amide bonds. The summed E-state index contributed by atoms with van der Waals surface area (Å²) in [5.41, 5.74) is -0.275. The number of hydrogen-bond acceptors (Lipinski definition) is 5. The number of carboxylic acid groups (broad SMARTS) is 1. The van der Waals surface area contributed by atoms with Crippen LogP contribution in [0.15, 0.2) is 47.6 Å². The van der Waals surface area contributed by atoms with Crippen molar-refractivity contribution < 1.29 is 23.1 Å². The summed E-state index contributed by atoms with van der Waals surface area (Å²) >= 11 is 1.46. The third-order valence-electron chi connectivity index (χ3n) is 4.31. The SMILES string of the molecule is Cc1ccc(S(=O)(=O)n2ccc(C(=O)NC3(C(=O)O)CCSC3)c2)cc1. The van der Waals surface area contributed by atoms with Crippen molar-refractivity contribution in [1.29, 1.82) is 0 Å². The van der Waals surface area contributed by atoms with Crippen LogP contribution in [0.3, 0.4) is 0 Å². The van der Waals surface area contributed by atoms with E-state index in [1.807, 2.05) is 6.92 Å². The number of carboxylic acids is 1. The van der Waals surface area contributed by atoms with E-state index >= 15 is 0 Å². The highest BCUT2D eigenvalue weighted by Crippen LogP contribution is 2.28. The Hall–Kier alpha value is -2.26. The van der Waals surface area contributed by atoms with Crippen LogP contribution >= 0.6 is 11.8 Å². The zero-order valence-corrected chi connectivity index (χ0v) is 15.6. The number of nitrogens with zero attached hydrogens (tertiary/aromatic N) is 1. The summed E-state index contributed by atoms with van der Waals surface area (Å²) in [7, 11) is -3.81. The predicted molar refractivity (Wildman–Crippen MR) is 98.0 cm³/mol. The Bertz CT molecular complexity index is 942. The van der Waals surface area contributed by atoms with E-state index in [0.29, 0.717) is 12.2 Å². The lowest BCUT2D eigenvalue weighted by Crippen LogP contribution is -2.54. The largest absolute Gasteiger partial charge is 0.479 e. The monoisotopic (exact) mass is 394 g/mol. The molecule has 2 N–H and O–H groups in total. The van der Waals surface area contributed by atoms with Crippen molar-refractivity contribution in [3.8, 4) is 0 Å². The lowest BCUT2D eigenvalue weighted by molar-refractivity contribution is -0.143. The second-order valence-corrected chi connectivity index (χ2v) is 9.14. The summed E-state index contributed by atoms with van der Waals surface area (Å²) in [5, 5.41) is 12.0. The van der Waals surface area contributed by atoms with Gasteiger partial charge in [0.2, 0.25) is 0 Å². The molecule has 3 rings (SSSR count). The summed E-state index contributed by atoms with van der Waals surface area (Å²) in [5.74, 6) is -0.749. The highest BCUT2D eigenvalue weighted by atomic mass is 32.2. The molecule has 1 aliphatic heterocycles. The number of aliphatic carboxylic acids is 1. The Morgan fingerprint density at radius 3 is 2.50 bits per heavy atom. The van der Waals surface area contributed by atoms with Crippen LogP contribution in [-0.2, 0) is 14.8 Å². The number of carbonyl (C=O) groups excluding carboxylic acids is 1. The quantitative estimate of drug-likeness (QED) is 0.800. The van der Waals surface area contributed by atoms with Crippen molar-refractivity contribution >= 4 is 33.7 Å². The molecule has 2 aromatic rings. The van der Waals surface area contributed by atoms with E-state index in [0.717, 1.165) is 9.54 Å². The Morgan fingerprint density at radius 2 is 1.92 bits per heavy atom. The molecule has 7 nitrogen and oxygen atoms in total. The number of amides is 1. The van der Waals surface area contributed by atoms with Crippen LogP contribution in [0.4, 0.5) is 0 Å². The standard InChI is InChI=1S/C17H18N2O5S2/c1-12-2-4-14(5-3-12)26(23,24)19-8-6-13(10-19)15(20)18-17(16(21)22)7-9-25-11-17/h2-6,8,10H,7,9,11H2,1H3,(H,18,20)(H,21,22). The smallest absolute Gasteiger partial charge is 0.330 e. The first-order valence-electron chi connectivity index (χ1n) is 7.88. The summed E-state index contributed by atoms with van der Waals surface area (Å²) < 4.78 is 26.2. The van der Waals surface area contributed by atoms with Gasteiger partial charge in [-0.2, -0.15) is 11.8 Å². The minimum absolute atomic E-state index is 0.0956. The molecule has 0 saturated carbocycles. The number of aryl methyl sites for hydroxylation is 1. The molecule has 2 heterocycles. The number of thioether (sulfide) groups is 1. The molecule has 138 valence electrons. The fourth-order valence-electron chi connectivity index (χ4n) is 2.67. The normalized spacial score (nSPS) is 20.0. The topological polar surface area (TPSA) is 105 Å². The minimum Gasteiger partial charge on any atom is -0.479 e.